The number of morpholine rings is 1. The zero-order valence-corrected chi connectivity index (χ0v) is 19.5. The van der Waals surface area contributed by atoms with Crippen LogP contribution in [0.3, 0.4) is 0 Å². The van der Waals surface area contributed by atoms with Crippen LogP contribution in [-0.4, -0.2) is 58.6 Å². The Bertz CT molecular complexity index is 1180. The molecule has 0 spiro atoms. The number of benzene rings is 1. The molecule has 1 atom stereocenters. The summed E-state index contributed by atoms with van der Waals surface area (Å²) in [7, 11) is 0. The number of aromatic hydroxyl groups is 1. The fraction of sp³-hybridized carbons (Fsp3) is 0.360. The highest BCUT2D eigenvalue weighted by Gasteiger charge is 2.36. The zero-order valence-electron chi connectivity index (χ0n) is 19.5. The first-order valence-corrected chi connectivity index (χ1v) is 10.8. The van der Waals surface area contributed by atoms with E-state index < -0.39 is 23.2 Å². The summed E-state index contributed by atoms with van der Waals surface area (Å²) in [4.78, 5) is 18.2. The van der Waals surface area contributed by atoms with Gasteiger partial charge in [-0.1, -0.05) is 18.2 Å². The van der Waals surface area contributed by atoms with Gasteiger partial charge in [-0.2, -0.15) is 0 Å². The van der Waals surface area contributed by atoms with Crippen LogP contribution in [0.4, 0.5) is 8.78 Å². The molecule has 2 aromatic rings. The van der Waals surface area contributed by atoms with Gasteiger partial charge in [-0.25, -0.2) is 13.8 Å². The third-order valence-electron chi connectivity index (χ3n) is 5.79. The zero-order chi connectivity index (χ0) is 25.0. The lowest BCUT2D eigenvalue weighted by Crippen LogP contribution is -2.35. The van der Waals surface area contributed by atoms with E-state index in [-0.39, 0.29) is 5.69 Å². The lowest BCUT2D eigenvalue weighted by Gasteiger charge is -2.28. The Morgan fingerprint density at radius 3 is 2.59 bits per heavy atom. The maximum Gasteiger partial charge on any atom is 0.276 e. The van der Waals surface area contributed by atoms with Gasteiger partial charge in [0.05, 0.1) is 25.1 Å². The standard InChI is InChI=1S/C25H29F2N3O4/c1-16(8-9-23(28-4)29-10-12-34-13-11-29)18-6-5-7-19(17(18)2)30-15-22(32)21(31)14-20(30)24(33)25(3,26)27/h5-9,14-15,24,32-33H,4,10-13H2,1-3H3/b16-8+,23-9+. The number of halogens is 2. The number of pyridine rings is 1. The number of alkyl halides is 2. The van der Waals surface area contributed by atoms with Crippen molar-refractivity contribution in [1.82, 2.24) is 9.47 Å². The molecule has 182 valence electrons. The minimum atomic E-state index is -3.50. The van der Waals surface area contributed by atoms with Gasteiger partial charge in [0.25, 0.3) is 5.92 Å². The third-order valence-corrected chi connectivity index (χ3v) is 5.79. The molecule has 3 rings (SSSR count). The number of rotatable bonds is 7. The van der Waals surface area contributed by atoms with Crippen LogP contribution in [0, 0.1) is 6.92 Å². The number of hydrogen-bond acceptors (Lipinski definition) is 6. The van der Waals surface area contributed by atoms with Crippen molar-refractivity contribution >= 4 is 12.3 Å². The van der Waals surface area contributed by atoms with Gasteiger partial charge < -0.3 is 24.4 Å². The summed E-state index contributed by atoms with van der Waals surface area (Å²) in [5.74, 6) is -3.38. The van der Waals surface area contributed by atoms with Crippen LogP contribution in [-0.2, 0) is 4.74 Å². The molecule has 0 bridgehead atoms. The predicted octanol–water partition coefficient (Wildman–Crippen LogP) is 3.82. The number of hydrogen-bond donors (Lipinski definition) is 2. The van der Waals surface area contributed by atoms with E-state index in [4.69, 9.17) is 4.74 Å². The third kappa shape index (κ3) is 5.43. The second kappa shape index (κ2) is 10.3. The quantitative estimate of drug-likeness (QED) is 0.472. The van der Waals surface area contributed by atoms with Crippen LogP contribution in [0.1, 0.15) is 36.8 Å². The summed E-state index contributed by atoms with van der Waals surface area (Å²) >= 11 is 0. The van der Waals surface area contributed by atoms with Gasteiger partial charge >= 0.3 is 0 Å². The van der Waals surface area contributed by atoms with Crippen LogP contribution in [0.5, 0.6) is 5.75 Å². The first-order valence-electron chi connectivity index (χ1n) is 10.8. The van der Waals surface area contributed by atoms with Crippen LogP contribution >= 0.6 is 0 Å². The van der Waals surface area contributed by atoms with Gasteiger partial charge in [-0.15, -0.1) is 0 Å². The Morgan fingerprint density at radius 2 is 1.97 bits per heavy atom. The van der Waals surface area contributed by atoms with E-state index in [2.05, 4.69) is 16.6 Å². The maximum atomic E-state index is 13.9. The van der Waals surface area contributed by atoms with Crippen molar-refractivity contribution in [3.63, 3.8) is 0 Å². The van der Waals surface area contributed by atoms with Crippen LogP contribution in [0.15, 0.2) is 58.2 Å². The summed E-state index contributed by atoms with van der Waals surface area (Å²) in [6, 6.07) is 6.11. The molecule has 1 fully saturated rings. The highest BCUT2D eigenvalue weighted by molar-refractivity contribution is 5.71. The van der Waals surface area contributed by atoms with Crippen molar-refractivity contribution in [2.75, 3.05) is 26.3 Å². The molecule has 0 amide bonds. The molecular formula is C25H29F2N3O4. The first-order chi connectivity index (χ1) is 16.0. The molecule has 1 aliphatic rings. The largest absolute Gasteiger partial charge is 0.503 e. The van der Waals surface area contributed by atoms with Gasteiger partial charge in [0.2, 0.25) is 5.43 Å². The number of ether oxygens (including phenoxy) is 1. The summed E-state index contributed by atoms with van der Waals surface area (Å²) in [6.07, 6.45) is 2.57. The van der Waals surface area contributed by atoms with E-state index in [1.807, 2.05) is 25.1 Å². The van der Waals surface area contributed by atoms with Crippen molar-refractivity contribution in [3.8, 4) is 11.4 Å². The molecule has 1 aliphatic heterocycles. The number of aromatic nitrogens is 1. The van der Waals surface area contributed by atoms with Gasteiger partial charge in [-0.05, 0) is 49.4 Å². The average molecular weight is 474 g/mol. The Balaban J connectivity index is 2.07. The van der Waals surface area contributed by atoms with E-state index in [0.717, 1.165) is 42.3 Å². The highest BCUT2D eigenvalue weighted by Crippen LogP contribution is 2.33. The molecule has 0 saturated carbocycles. The molecule has 7 nitrogen and oxygen atoms in total. The molecule has 2 N–H and O–H groups in total. The molecule has 1 aromatic carbocycles. The Kier molecular flexibility index (Phi) is 7.68. The molecule has 9 heteroatoms. The van der Waals surface area contributed by atoms with E-state index in [1.165, 1.54) is 4.57 Å². The minimum Gasteiger partial charge on any atom is -0.503 e. The van der Waals surface area contributed by atoms with Gasteiger partial charge in [0, 0.05) is 31.8 Å². The molecule has 2 heterocycles. The number of nitrogens with zero attached hydrogens (tertiary/aromatic N) is 3. The minimum absolute atomic E-state index is 0.317. The van der Waals surface area contributed by atoms with E-state index >= 15 is 0 Å². The summed E-state index contributed by atoms with van der Waals surface area (Å²) in [5, 5.41) is 20.2. The monoisotopic (exact) mass is 473 g/mol. The van der Waals surface area contributed by atoms with Crippen molar-refractivity contribution in [1.29, 1.82) is 0 Å². The maximum absolute atomic E-state index is 13.9. The van der Waals surface area contributed by atoms with Gasteiger partial charge in [0.1, 0.15) is 5.82 Å². The van der Waals surface area contributed by atoms with Crippen LogP contribution in [0.25, 0.3) is 11.3 Å². The summed E-state index contributed by atoms with van der Waals surface area (Å²) in [5.41, 5.74) is 1.68. The van der Waals surface area contributed by atoms with Crippen molar-refractivity contribution in [2.24, 2.45) is 4.99 Å². The molecule has 0 aliphatic carbocycles. The smallest absolute Gasteiger partial charge is 0.276 e. The van der Waals surface area contributed by atoms with Crippen molar-refractivity contribution < 1.29 is 23.7 Å². The van der Waals surface area contributed by atoms with Gasteiger partial charge in [0.15, 0.2) is 11.9 Å². The van der Waals surface area contributed by atoms with E-state index in [1.54, 1.807) is 19.1 Å². The normalized spacial score (nSPS) is 16.5. The molecule has 1 aromatic heterocycles. The highest BCUT2D eigenvalue weighted by atomic mass is 19.3. The van der Waals surface area contributed by atoms with Crippen LogP contribution in [0.2, 0.25) is 0 Å². The summed E-state index contributed by atoms with van der Waals surface area (Å²) < 4.78 is 34.5. The SMILES string of the molecule is C=N/C(=C\C=C(/C)c1cccc(-n2cc(O)c(=O)cc2C(O)C(C)(F)F)c1C)N1CCOCC1. The topological polar surface area (TPSA) is 87.3 Å². The molecule has 34 heavy (non-hydrogen) atoms. The predicted molar refractivity (Wildman–Crippen MR) is 128 cm³/mol. The molecule has 1 saturated heterocycles. The lowest BCUT2D eigenvalue weighted by atomic mass is 9.99. The fourth-order valence-corrected chi connectivity index (χ4v) is 3.87. The molecule has 0 radical (unpaired) electrons. The van der Waals surface area contributed by atoms with Crippen LogP contribution < -0.4 is 5.43 Å². The fourth-order valence-electron chi connectivity index (χ4n) is 3.87. The first kappa shape index (κ1) is 25.3. The summed E-state index contributed by atoms with van der Waals surface area (Å²) in [6.45, 7) is 10.6. The number of aliphatic hydroxyl groups excluding tert-OH is 1. The van der Waals surface area contributed by atoms with Crippen molar-refractivity contribution in [3.05, 3.63) is 75.5 Å². The second-order valence-corrected chi connectivity index (χ2v) is 8.26. The lowest BCUT2D eigenvalue weighted by molar-refractivity contribution is -0.0980. The van der Waals surface area contributed by atoms with Gasteiger partial charge in [-0.3, -0.25) is 4.79 Å². The van der Waals surface area contributed by atoms with E-state index in [9.17, 15) is 23.8 Å². The second-order valence-electron chi connectivity index (χ2n) is 8.26. The number of aliphatic hydroxyl groups is 1. The van der Waals surface area contributed by atoms with E-state index in [0.29, 0.717) is 31.4 Å². The molecular weight excluding hydrogens is 444 g/mol. The Morgan fingerprint density at radius 1 is 1.29 bits per heavy atom. The Labute approximate surface area is 196 Å². The van der Waals surface area contributed by atoms with Crippen molar-refractivity contribution in [2.45, 2.75) is 32.8 Å². The molecule has 1 unspecified atom stereocenters. The number of allylic oxidation sites excluding steroid dienone is 3. The number of aliphatic imine (C=N–C) groups is 1. The average Bonchev–Trinajstić information content (AvgIpc) is 2.80. The Hall–Kier alpha value is -3.30.